The minimum absolute atomic E-state index is 0.0718. The van der Waals surface area contributed by atoms with Crippen LogP contribution in [0.1, 0.15) is 72.6 Å². The third kappa shape index (κ3) is 5.51. The van der Waals surface area contributed by atoms with Crippen LogP contribution in [0.3, 0.4) is 0 Å². The maximum atomic E-state index is 13.9. The van der Waals surface area contributed by atoms with Crippen molar-refractivity contribution in [2.24, 2.45) is 23.2 Å². The van der Waals surface area contributed by atoms with Gasteiger partial charge < -0.3 is 25.6 Å². The van der Waals surface area contributed by atoms with Gasteiger partial charge in [0, 0.05) is 18.0 Å². The molecule has 3 aliphatic carbocycles. The molecule has 13 heteroatoms. The van der Waals surface area contributed by atoms with Gasteiger partial charge in [0.05, 0.1) is 17.8 Å². The van der Waals surface area contributed by atoms with Gasteiger partial charge in [-0.3, -0.25) is 19.2 Å². The summed E-state index contributed by atoms with van der Waals surface area (Å²) >= 11 is 0. The van der Waals surface area contributed by atoms with Crippen LogP contribution in [-0.2, 0) is 23.9 Å². The van der Waals surface area contributed by atoms with Crippen LogP contribution in [0.25, 0.3) is 0 Å². The summed E-state index contributed by atoms with van der Waals surface area (Å²) in [5, 5.41) is 17.3. The largest absolute Gasteiger partial charge is 0.471 e. The van der Waals surface area contributed by atoms with Crippen LogP contribution in [-0.4, -0.2) is 76.6 Å². The van der Waals surface area contributed by atoms with E-state index in [1.807, 2.05) is 32.2 Å². The first kappa shape index (κ1) is 29.6. The number of piperidine rings is 1. The van der Waals surface area contributed by atoms with Gasteiger partial charge >= 0.3 is 12.1 Å². The normalized spacial score (nSPS) is 32.0. The molecule has 0 radical (unpaired) electrons. The lowest BCUT2D eigenvalue weighted by Crippen LogP contribution is -2.61. The smallest absolute Gasteiger partial charge is 0.370 e. The van der Waals surface area contributed by atoms with E-state index in [0.29, 0.717) is 19.3 Å². The van der Waals surface area contributed by atoms with Crippen LogP contribution < -0.4 is 16.0 Å². The fourth-order valence-corrected chi connectivity index (χ4v) is 7.24. The van der Waals surface area contributed by atoms with E-state index in [-0.39, 0.29) is 41.7 Å². The number of carbonyl (C=O) groups is 4. The molecule has 41 heavy (non-hydrogen) atoms. The maximum absolute atomic E-state index is 13.9. The number of hydrogen-bond donors (Lipinski definition) is 3. The maximum Gasteiger partial charge on any atom is 0.471 e. The highest BCUT2D eigenvalue weighted by Gasteiger charge is 2.70. The van der Waals surface area contributed by atoms with Crippen molar-refractivity contribution < 1.29 is 37.1 Å². The van der Waals surface area contributed by atoms with Gasteiger partial charge in [0.2, 0.25) is 17.7 Å². The molecule has 0 aromatic heterocycles. The van der Waals surface area contributed by atoms with E-state index in [0.717, 1.165) is 19.3 Å². The Kier molecular flexibility index (Phi) is 7.11. The number of nitrogens with zero attached hydrogens (tertiary/aromatic N) is 2. The topological polar surface area (TPSA) is 141 Å². The number of hydrogen-bond acceptors (Lipinski definition) is 6. The fraction of sp³-hybridized carbons (Fsp3) is 0.821. The summed E-state index contributed by atoms with van der Waals surface area (Å²) in [6, 6.07) is -1.64. The number of ether oxygens (including phenoxy) is 1. The SMILES string of the molecule is CC(OC1(C)CCC1)C(NC(=O)C(F)(F)F)C(=O)N1CC2C(C1C(=O)NC(C#N)CC1CC3(CC3)NC1=O)C2(C)C. The summed E-state index contributed by atoms with van der Waals surface area (Å²) < 4.78 is 45.7. The van der Waals surface area contributed by atoms with Gasteiger partial charge in [-0.05, 0) is 76.0 Å². The summed E-state index contributed by atoms with van der Waals surface area (Å²) in [5.41, 5.74) is -1.09. The van der Waals surface area contributed by atoms with Crippen molar-refractivity contribution in [3.05, 3.63) is 0 Å². The zero-order chi connectivity index (χ0) is 30.1. The number of likely N-dealkylation sites (tertiary alicyclic amines) is 1. The lowest BCUT2D eigenvalue weighted by molar-refractivity contribution is -0.180. The number of nitrogens with one attached hydrogen (secondary N) is 3. The second-order valence-corrected chi connectivity index (χ2v) is 13.6. The van der Waals surface area contributed by atoms with E-state index >= 15 is 0 Å². The second kappa shape index (κ2) is 9.85. The molecule has 0 bridgehead atoms. The Balaban J connectivity index is 1.33. The first-order valence-electron chi connectivity index (χ1n) is 14.4. The Morgan fingerprint density at radius 3 is 2.34 bits per heavy atom. The average molecular weight is 582 g/mol. The van der Waals surface area contributed by atoms with E-state index in [1.54, 1.807) is 0 Å². The third-order valence-electron chi connectivity index (χ3n) is 10.2. The predicted molar refractivity (Wildman–Crippen MR) is 137 cm³/mol. The van der Waals surface area contributed by atoms with Crippen LogP contribution in [0.4, 0.5) is 13.2 Å². The Morgan fingerprint density at radius 1 is 1.17 bits per heavy atom. The third-order valence-corrected chi connectivity index (χ3v) is 10.2. The van der Waals surface area contributed by atoms with Gasteiger partial charge in [0.1, 0.15) is 18.1 Å². The monoisotopic (exact) mass is 581 g/mol. The Hall–Kier alpha value is -2.88. The number of halogens is 3. The van der Waals surface area contributed by atoms with Crippen LogP contribution in [0.2, 0.25) is 0 Å². The molecular formula is C28H38F3N5O5. The molecule has 2 heterocycles. The number of alkyl halides is 3. The highest BCUT2D eigenvalue weighted by molar-refractivity contribution is 5.95. The first-order valence-corrected chi connectivity index (χ1v) is 14.4. The molecule has 3 N–H and O–H groups in total. The van der Waals surface area contributed by atoms with E-state index in [9.17, 15) is 37.6 Å². The van der Waals surface area contributed by atoms with Crippen molar-refractivity contribution >= 4 is 23.6 Å². The predicted octanol–water partition coefficient (Wildman–Crippen LogP) is 1.93. The number of nitriles is 1. The van der Waals surface area contributed by atoms with Gasteiger partial charge in [-0.1, -0.05) is 13.8 Å². The molecule has 2 saturated heterocycles. The minimum atomic E-state index is -5.21. The molecule has 5 rings (SSSR count). The molecule has 226 valence electrons. The highest BCUT2D eigenvalue weighted by atomic mass is 19.4. The summed E-state index contributed by atoms with van der Waals surface area (Å²) in [6.07, 6.45) is -1.56. The van der Waals surface area contributed by atoms with Gasteiger partial charge in [0.25, 0.3) is 0 Å². The summed E-state index contributed by atoms with van der Waals surface area (Å²) in [5.74, 6) is -4.59. The quantitative estimate of drug-likeness (QED) is 0.380. The van der Waals surface area contributed by atoms with Gasteiger partial charge in [-0.2, -0.15) is 18.4 Å². The fourth-order valence-electron chi connectivity index (χ4n) is 7.24. The summed E-state index contributed by atoms with van der Waals surface area (Å²) in [6.45, 7) is 7.29. The molecular weight excluding hydrogens is 543 g/mol. The number of rotatable bonds is 9. The minimum Gasteiger partial charge on any atom is -0.370 e. The van der Waals surface area contributed by atoms with Crippen LogP contribution in [0, 0.1) is 34.5 Å². The zero-order valence-corrected chi connectivity index (χ0v) is 23.8. The lowest BCUT2D eigenvalue weighted by Gasteiger charge is -2.43. The van der Waals surface area contributed by atoms with Crippen molar-refractivity contribution in [1.29, 1.82) is 5.26 Å². The molecule has 0 aromatic carbocycles. The van der Waals surface area contributed by atoms with Gasteiger partial charge in [0.15, 0.2) is 0 Å². The van der Waals surface area contributed by atoms with Crippen molar-refractivity contribution in [3.63, 3.8) is 0 Å². The molecule has 2 aliphatic heterocycles. The molecule has 5 fully saturated rings. The summed E-state index contributed by atoms with van der Waals surface area (Å²) in [7, 11) is 0. The van der Waals surface area contributed by atoms with E-state index in [2.05, 4.69) is 10.6 Å². The van der Waals surface area contributed by atoms with E-state index in [4.69, 9.17) is 4.74 Å². The average Bonchev–Trinajstić information content (AvgIpc) is 3.58. The van der Waals surface area contributed by atoms with Gasteiger partial charge in [-0.25, -0.2) is 0 Å². The molecule has 4 amide bonds. The number of fused-ring (bicyclic) bond motifs is 1. The molecule has 5 aliphatic rings. The Bertz CT molecular complexity index is 1170. The number of amides is 4. The molecule has 7 atom stereocenters. The van der Waals surface area contributed by atoms with Gasteiger partial charge in [-0.15, -0.1) is 0 Å². The molecule has 3 saturated carbocycles. The van der Waals surface area contributed by atoms with E-state index in [1.165, 1.54) is 11.8 Å². The second-order valence-electron chi connectivity index (χ2n) is 13.6. The van der Waals surface area contributed by atoms with Crippen LogP contribution >= 0.6 is 0 Å². The number of carbonyl (C=O) groups excluding carboxylic acids is 4. The van der Waals surface area contributed by atoms with Crippen molar-refractivity contribution in [1.82, 2.24) is 20.9 Å². The van der Waals surface area contributed by atoms with Crippen LogP contribution in [0.5, 0.6) is 0 Å². The summed E-state index contributed by atoms with van der Waals surface area (Å²) in [4.78, 5) is 53.1. The highest BCUT2D eigenvalue weighted by Crippen LogP contribution is 2.65. The Labute approximate surface area is 237 Å². The Morgan fingerprint density at radius 2 is 1.83 bits per heavy atom. The molecule has 7 unspecified atom stereocenters. The molecule has 10 nitrogen and oxygen atoms in total. The molecule has 0 aromatic rings. The lowest BCUT2D eigenvalue weighted by atomic mass is 9.81. The van der Waals surface area contributed by atoms with E-state index < -0.39 is 59.6 Å². The van der Waals surface area contributed by atoms with Crippen LogP contribution in [0.15, 0.2) is 0 Å². The first-order chi connectivity index (χ1) is 19.0. The van der Waals surface area contributed by atoms with Crippen molar-refractivity contribution in [2.75, 3.05) is 6.54 Å². The molecule has 1 spiro atoms. The van der Waals surface area contributed by atoms with Crippen molar-refractivity contribution in [3.8, 4) is 6.07 Å². The zero-order valence-electron chi connectivity index (χ0n) is 23.8. The van der Waals surface area contributed by atoms with Crippen molar-refractivity contribution in [2.45, 2.75) is 114 Å². The standard InChI is InChI=1S/C28H38F3N5O5/c1-14(41-26(4)6-5-7-26)19(34-24(40)28(29,30)31)23(39)36-13-17-18(25(17,2)3)20(36)22(38)33-16(12-32)10-15-11-27(8-9-27)35-21(15)37/h14-20H,5-11,13H2,1-4H3,(H,33,38)(H,34,40)(H,35,37).